The van der Waals surface area contributed by atoms with Crippen molar-refractivity contribution in [2.24, 2.45) is 5.73 Å². The van der Waals surface area contributed by atoms with E-state index in [-0.39, 0.29) is 18.0 Å². The number of primary amides is 1. The smallest absolute Gasteiger partial charge is 0.270 e. The first-order valence-electron chi connectivity index (χ1n) is 14.3. The minimum atomic E-state index is -1.26. The Morgan fingerprint density at radius 2 is 1.59 bits per heavy atom. The molecule has 0 saturated carbocycles. The summed E-state index contributed by atoms with van der Waals surface area (Å²) < 4.78 is 1.42. The first-order chi connectivity index (χ1) is 20.9. The molecule has 4 aromatic rings. The Labute approximate surface area is 255 Å². The van der Waals surface area contributed by atoms with Crippen LogP contribution in [-0.4, -0.2) is 66.4 Å². The van der Waals surface area contributed by atoms with Crippen molar-refractivity contribution in [2.75, 3.05) is 0 Å². The Balaban J connectivity index is 1.55. The van der Waals surface area contributed by atoms with Gasteiger partial charge < -0.3 is 21.7 Å². The molecule has 2 aromatic heterocycles. The number of nitrogens with one attached hydrogen (secondary N) is 3. The SMILES string of the molecule is C[C@@H](C(=O)NC(C)(C)C)n1nnnc1C[C@H](Cc1ccccc1)NC(=O)[C@H](CC(N)=O)NC(=O)c1ccc2ccccc2n1. The molecule has 2 aromatic carbocycles. The molecule has 0 radical (unpaired) electrons. The quantitative estimate of drug-likeness (QED) is 0.189. The van der Waals surface area contributed by atoms with Gasteiger partial charge in [0.1, 0.15) is 17.8 Å². The average Bonchev–Trinajstić information content (AvgIpc) is 3.43. The van der Waals surface area contributed by atoms with Crippen molar-refractivity contribution in [1.29, 1.82) is 0 Å². The van der Waals surface area contributed by atoms with Crippen molar-refractivity contribution in [2.45, 2.75) is 70.6 Å². The molecule has 0 aliphatic carbocycles. The van der Waals surface area contributed by atoms with E-state index in [1.54, 1.807) is 31.2 Å². The summed E-state index contributed by atoms with van der Waals surface area (Å²) >= 11 is 0. The Morgan fingerprint density at radius 1 is 0.886 bits per heavy atom. The lowest BCUT2D eigenvalue weighted by Crippen LogP contribution is -2.52. The Kier molecular flexibility index (Phi) is 9.99. The second-order valence-electron chi connectivity index (χ2n) is 11.6. The highest BCUT2D eigenvalue weighted by molar-refractivity contribution is 5.99. The molecule has 0 aliphatic heterocycles. The number of para-hydroxylation sites is 1. The van der Waals surface area contributed by atoms with E-state index >= 15 is 0 Å². The number of nitrogens with two attached hydrogens (primary N) is 1. The highest BCUT2D eigenvalue weighted by atomic mass is 16.2. The summed E-state index contributed by atoms with van der Waals surface area (Å²) in [5.74, 6) is -1.89. The van der Waals surface area contributed by atoms with Crippen LogP contribution in [0.5, 0.6) is 0 Å². The van der Waals surface area contributed by atoms with Gasteiger partial charge in [-0.3, -0.25) is 19.2 Å². The zero-order valence-electron chi connectivity index (χ0n) is 25.2. The van der Waals surface area contributed by atoms with Gasteiger partial charge in [-0.1, -0.05) is 54.6 Å². The van der Waals surface area contributed by atoms with Crippen LogP contribution in [0.25, 0.3) is 10.9 Å². The number of rotatable bonds is 12. The third-order valence-electron chi connectivity index (χ3n) is 6.76. The predicted molar refractivity (Wildman–Crippen MR) is 163 cm³/mol. The number of fused-ring (bicyclic) bond motifs is 1. The largest absolute Gasteiger partial charge is 0.370 e. The monoisotopic (exact) mass is 599 g/mol. The van der Waals surface area contributed by atoms with E-state index in [0.717, 1.165) is 10.9 Å². The molecule has 4 amide bonds. The van der Waals surface area contributed by atoms with Crippen molar-refractivity contribution in [3.8, 4) is 0 Å². The number of benzene rings is 2. The standard InChI is InChI=1S/C31H37N9O4/c1-19(28(42)36-31(2,3)4)40-27(37-38-39-40)17-22(16-20-10-6-5-7-11-20)33-30(44)25(18-26(32)41)35-29(43)24-15-14-21-12-8-9-13-23(21)34-24/h5-15,19,22,25H,16-18H2,1-4H3,(H2,32,41)(H,33,44)(H,35,43)(H,36,42)/t19-,22-,25-/m0/s1. The maximum absolute atomic E-state index is 13.6. The number of aromatic nitrogens is 5. The predicted octanol–water partition coefficient (Wildman–Crippen LogP) is 1.64. The third kappa shape index (κ3) is 8.66. The van der Waals surface area contributed by atoms with Crippen LogP contribution in [0.2, 0.25) is 0 Å². The van der Waals surface area contributed by atoms with Gasteiger partial charge in [0.25, 0.3) is 5.91 Å². The molecule has 2 heterocycles. The maximum atomic E-state index is 13.6. The summed E-state index contributed by atoms with van der Waals surface area (Å²) in [5.41, 5.74) is 6.63. The van der Waals surface area contributed by atoms with Crippen molar-refractivity contribution >= 4 is 34.5 Å². The van der Waals surface area contributed by atoms with E-state index in [1.165, 1.54) is 4.68 Å². The zero-order chi connectivity index (χ0) is 31.9. The molecular weight excluding hydrogens is 562 g/mol. The molecule has 0 fully saturated rings. The van der Waals surface area contributed by atoms with Crippen molar-refractivity contribution in [3.05, 3.63) is 83.8 Å². The molecule has 13 heteroatoms. The van der Waals surface area contributed by atoms with E-state index in [0.29, 0.717) is 17.8 Å². The van der Waals surface area contributed by atoms with Crippen LogP contribution in [0.1, 0.15) is 62.0 Å². The fourth-order valence-electron chi connectivity index (χ4n) is 4.66. The molecule has 13 nitrogen and oxygen atoms in total. The summed E-state index contributed by atoms with van der Waals surface area (Å²) in [6, 6.07) is 17.5. The summed E-state index contributed by atoms with van der Waals surface area (Å²) in [6.45, 7) is 7.31. The van der Waals surface area contributed by atoms with E-state index < -0.39 is 47.8 Å². The fourth-order valence-corrected chi connectivity index (χ4v) is 4.66. The second-order valence-corrected chi connectivity index (χ2v) is 11.6. The van der Waals surface area contributed by atoms with Crippen molar-refractivity contribution in [3.63, 3.8) is 0 Å². The summed E-state index contributed by atoms with van der Waals surface area (Å²) in [6.07, 6.45) is 0.112. The first-order valence-corrected chi connectivity index (χ1v) is 14.3. The lowest BCUT2D eigenvalue weighted by molar-refractivity contribution is -0.127. The number of pyridine rings is 1. The Hall–Kier alpha value is -5.20. The van der Waals surface area contributed by atoms with E-state index in [4.69, 9.17) is 5.73 Å². The maximum Gasteiger partial charge on any atom is 0.270 e. The molecule has 0 spiro atoms. The Bertz CT molecular complexity index is 1630. The number of hydrogen-bond donors (Lipinski definition) is 4. The van der Waals surface area contributed by atoms with Crippen molar-refractivity contribution < 1.29 is 19.2 Å². The number of amides is 4. The molecule has 0 aliphatic rings. The Morgan fingerprint density at radius 3 is 2.30 bits per heavy atom. The number of tetrazole rings is 1. The van der Waals surface area contributed by atoms with Crippen molar-refractivity contribution in [1.82, 2.24) is 41.1 Å². The van der Waals surface area contributed by atoms with Crippen LogP contribution < -0.4 is 21.7 Å². The number of carbonyl (C=O) groups is 4. The van der Waals surface area contributed by atoms with Crippen LogP contribution >= 0.6 is 0 Å². The second kappa shape index (κ2) is 13.8. The van der Waals surface area contributed by atoms with Gasteiger partial charge in [-0.05, 0) is 62.2 Å². The highest BCUT2D eigenvalue weighted by Gasteiger charge is 2.29. The minimum absolute atomic E-state index is 0.0912. The van der Waals surface area contributed by atoms with Crippen LogP contribution in [-0.2, 0) is 27.2 Å². The first kappa shape index (κ1) is 31.7. The summed E-state index contributed by atoms with van der Waals surface area (Å²) in [5, 5.41) is 21.3. The van der Waals surface area contributed by atoms with Gasteiger partial charge in [0.05, 0.1) is 11.9 Å². The van der Waals surface area contributed by atoms with Gasteiger partial charge >= 0.3 is 0 Å². The summed E-state index contributed by atoms with van der Waals surface area (Å²) in [7, 11) is 0. The topological polar surface area (TPSA) is 187 Å². The fraction of sp³-hybridized carbons (Fsp3) is 0.355. The number of nitrogens with zero attached hydrogens (tertiary/aromatic N) is 5. The molecule has 0 unspecified atom stereocenters. The molecule has 3 atom stereocenters. The lowest BCUT2D eigenvalue weighted by atomic mass is 10.0. The molecule has 230 valence electrons. The number of carbonyl (C=O) groups excluding carboxylic acids is 4. The van der Waals surface area contributed by atoms with Gasteiger partial charge in [-0.25, -0.2) is 9.67 Å². The minimum Gasteiger partial charge on any atom is -0.370 e. The normalized spacial score (nSPS) is 13.5. The molecule has 44 heavy (non-hydrogen) atoms. The molecular formula is C31H37N9O4. The van der Waals surface area contributed by atoms with E-state index in [2.05, 4.69) is 36.5 Å². The highest BCUT2D eigenvalue weighted by Crippen LogP contribution is 2.15. The van der Waals surface area contributed by atoms with Crippen LogP contribution in [0, 0.1) is 0 Å². The van der Waals surface area contributed by atoms with Gasteiger partial charge in [-0.15, -0.1) is 5.10 Å². The summed E-state index contributed by atoms with van der Waals surface area (Å²) in [4.78, 5) is 55.9. The van der Waals surface area contributed by atoms with Crippen LogP contribution in [0.4, 0.5) is 0 Å². The number of hydrogen-bond acceptors (Lipinski definition) is 8. The van der Waals surface area contributed by atoms with Gasteiger partial charge in [0.15, 0.2) is 5.82 Å². The van der Waals surface area contributed by atoms with Gasteiger partial charge in [0, 0.05) is 23.4 Å². The molecule has 0 saturated heterocycles. The third-order valence-corrected chi connectivity index (χ3v) is 6.76. The molecule has 4 rings (SSSR count). The van der Waals surface area contributed by atoms with E-state index in [1.807, 2.05) is 63.2 Å². The van der Waals surface area contributed by atoms with Crippen LogP contribution in [0.15, 0.2) is 66.7 Å². The zero-order valence-corrected chi connectivity index (χ0v) is 25.2. The van der Waals surface area contributed by atoms with Crippen LogP contribution in [0.3, 0.4) is 0 Å². The van der Waals surface area contributed by atoms with Gasteiger partial charge in [-0.2, -0.15) is 0 Å². The lowest BCUT2D eigenvalue weighted by Gasteiger charge is -2.25. The van der Waals surface area contributed by atoms with E-state index in [9.17, 15) is 19.2 Å². The average molecular weight is 600 g/mol. The molecule has 5 N–H and O–H groups in total. The molecule has 0 bridgehead atoms. The van der Waals surface area contributed by atoms with Gasteiger partial charge in [0.2, 0.25) is 17.7 Å².